The Balaban J connectivity index is 2.61. The number of nitrogens with one attached hydrogen (secondary N) is 1. The standard InChI is InChI=1S/C7H7BrN4S/c8-4-5-1-2-12-6(3-5)9-10-7(12)11-13/h1-3,13H,4H2,(H,10,11). The van der Waals surface area contributed by atoms with Crippen molar-refractivity contribution in [2.45, 2.75) is 5.33 Å². The summed E-state index contributed by atoms with van der Waals surface area (Å²) in [4.78, 5) is 0. The van der Waals surface area contributed by atoms with Gasteiger partial charge < -0.3 is 4.72 Å². The maximum absolute atomic E-state index is 3.98. The number of halogens is 1. The van der Waals surface area contributed by atoms with Crippen LogP contribution in [0.1, 0.15) is 5.56 Å². The van der Waals surface area contributed by atoms with Gasteiger partial charge in [0.25, 0.3) is 0 Å². The molecule has 6 heteroatoms. The highest BCUT2D eigenvalue weighted by atomic mass is 79.9. The second kappa shape index (κ2) is 3.55. The van der Waals surface area contributed by atoms with Crippen molar-refractivity contribution in [3.63, 3.8) is 0 Å². The van der Waals surface area contributed by atoms with Crippen molar-refractivity contribution in [2.75, 3.05) is 4.72 Å². The third kappa shape index (κ3) is 1.51. The number of anilines is 1. The summed E-state index contributed by atoms with van der Waals surface area (Å²) in [5, 5.41) is 8.70. The van der Waals surface area contributed by atoms with Crippen LogP contribution in [-0.2, 0) is 5.33 Å². The Morgan fingerprint density at radius 2 is 2.38 bits per heavy atom. The van der Waals surface area contributed by atoms with E-state index in [0.29, 0.717) is 5.95 Å². The summed E-state index contributed by atoms with van der Waals surface area (Å²) in [7, 11) is 0. The summed E-state index contributed by atoms with van der Waals surface area (Å²) >= 11 is 7.30. The molecule has 0 aliphatic carbocycles. The first-order valence-corrected chi connectivity index (χ1v) is 5.22. The van der Waals surface area contributed by atoms with Crippen LogP contribution in [-0.4, -0.2) is 14.6 Å². The number of alkyl halides is 1. The SMILES string of the molecule is SNc1nnc2cc(CBr)ccn12. The largest absolute Gasteiger partial charge is 0.301 e. The normalized spacial score (nSPS) is 10.6. The Kier molecular flexibility index (Phi) is 2.41. The molecule has 2 aromatic rings. The van der Waals surface area contributed by atoms with Gasteiger partial charge >= 0.3 is 0 Å². The van der Waals surface area contributed by atoms with E-state index in [1.807, 2.05) is 22.7 Å². The molecule has 0 saturated heterocycles. The summed E-state index contributed by atoms with van der Waals surface area (Å²) in [6.45, 7) is 0. The Morgan fingerprint density at radius 3 is 3.08 bits per heavy atom. The first-order valence-electron chi connectivity index (χ1n) is 3.65. The third-order valence-corrected chi connectivity index (χ3v) is 2.58. The molecule has 13 heavy (non-hydrogen) atoms. The zero-order valence-corrected chi connectivity index (χ0v) is 9.09. The van der Waals surface area contributed by atoms with Crippen LogP contribution in [0.2, 0.25) is 0 Å². The fraction of sp³-hybridized carbons (Fsp3) is 0.143. The van der Waals surface area contributed by atoms with Crippen molar-refractivity contribution >= 4 is 40.3 Å². The van der Waals surface area contributed by atoms with Crippen LogP contribution in [0, 0.1) is 0 Å². The topological polar surface area (TPSA) is 42.2 Å². The van der Waals surface area contributed by atoms with E-state index in [9.17, 15) is 0 Å². The number of nitrogens with zero attached hydrogens (tertiary/aromatic N) is 3. The molecule has 0 saturated carbocycles. The molecule has 0 fully saturated rings. The van der Waals surface area contributed by atoms with Gasteiger partial charge in [0.15, 0.2) is 5.65 Å². The van der Waals surface area contributed by atoms with Gasteiger partial charge in [-0.05, 0) is 17.7 Å². The second-order valence-corrected chi connectivity index (χ2v) is 3.32. The molecule has 2 aromatic heterocycles. The quantitative estimate of drug-likeness (QED) is 0.639. The molecule has 68 valence electrons. The Morgan fingerprint density at radius 1 is 1.54 bits per heavy atom. The number of thiol groups is 1. The van der Waals surface area contributed by atoms with E-state index in [4.69, 9.17) is 0 Å². The molecule has 4 nitrogen and oxygen atoms in total. The first-order chi connectivity index (χ1) is 6.35. The van der Waals surface area contributed by atoms with Gasteiger partial charge in [0, 0.05) is 11.5 Å². The molecule has 0 amide bonds. The minimum Gasteiger partial charge on any atom is -0.301 e. The highest BCUT2D eigenvalue weighted by Crippen LogP contribution is 2.12. The number of pyridine rings is 1. The van der Waals surface area contributed by atoms with Crippen LogP contribution in [0.5, 0.6) is 0 Å². The molecule has 2 rings (SSSR count). The minimum absolute atomic E-state index is 0.624. The molecule has 0 bridgehead atoms. The van der Waals surface area contributed by atoms with Crippen LogP contribution < -0.4 is 4.72 Å². The van der Waals surface area contributed by atoms with Gasteiger partial charge in [-0.2, -0.15) is 0 Å². The van der Waals surface area contributed by atoms with E-state index in [0.717, 1.165) is 11.0 Å². The van der Waals surface area contributed by atoms with Crippen LogP contribution in [0.4, 0.5) is 5.95 Å². The van der Waals surface area contributed by atoms with Gasteiger partial charge in [0.1, 0.15) is 0 Å². The zero-order valence-electron chi connectivity index (χ0n) is 6.61. The molecule has 0 radical (unpaired) electrons. The van der Waals surface area contributed by atoms with Crippen LogP contribution in [0.3, 0.4) is 0 Å². The number of hydrogen-bond acceptors (Lipinski definition) is 4. The van der Waals surface area contributed by atoms with Gasteiger partial charge in [0.05, 0.1) is 0 Å². The zero-order chi connectivity index (χ0) is 9.26. The molecule has 1 N–H and O–H groups in total. The summed E-state index contributed by atoms with van der Waals surface area (Å²) in [5.74, 6) is 0.624. The highest BCUT2D eigenvalue weighted by molar-refractivity contribution is 9.08. The highest BCUT2D eigenvalue weighted by Gasteiger charge is 2.02. The second-order valence-electron chi connectivity index (χ2n) is 2.53. The maximum atomic E-state index is 3.98. The predicted molar refractivity (Wildman–Crippen MR) is 58.2 cm³/mol. The van der Waals surface area contributed by atoms with Crippen molar-refractivity contribution < 1.29 is 0 Å². The summed E-state index contributed by atoms with van der Waals surface area (Å²) in [6.07, 6.45) is 1.91. The van der Waals surface area contributed by atoms with Gasteiger partial charge in [-0.15, -0.1) is 10.2 Å². The van der Waals surface area contributed by atoms with Gasteiger partial charge in [-0.25, -0.2) is 0 Å². The average molecular weight is 259 g/mol. The van der Waals surface area contributed by atoms with Crippen LogP contribution in [0.15, 0.2) is 18.3 Å². The minimum atomic E-state index is 0.624. The predicted octanol–water partition coefficient (Wildman–Crippen LogP) is 1.88. The lowest BCUT2D eigenvalue weighted by Crippen LogP contribution is -1.91. The summed E-state index contributed by atoms with van der Waals surface area (Å²) in [5.41, 5.74) is 1.99. The molecular weight excluding hydrogens is 252 g/mol. The molecule has 0 spiro atoms. The van der Waals surface area contributed by atoms with Gasteiger partial charge in [-0.3, -0.25) is 4.40 Å². The first kappa shape index (κ1) is 8.83. The molecule has 0 aromatic carbocycles. The monoisotopic (exact) mass is 258 g/mol. The summed E-state index contributed by atoms with van der Waals surface area (Å²) in [6, 6.07) is 3.97. The number of hydrogen-bond donors (Lipinski definition) is 2. The lowest BCUT2D eigenvalue weighted by molar-refractivity contribution is 1.12. The fourth-order valence-electron chi connectivity index (χ4n) is 1.09. The van der Waals surface area contributed by atoms with Crippen LogP contribution in [0.25, 0.3) is 5.65 Å². The van der Waals surface area contributed by atoms with E-state index in [2.05, 4.69) is 43.7 Å². The van der Waals surface area contributed by atoms with Gasteiger partial charge in [-0.1, -0.05) is 28.7 Å². The van der Waals surface area contributed by atoms with Crippen molar-refractivity contribution in [2.24, 2.45) is 0 Å². The smallest absolute Gasteiger partial charge is 0.238 e. The maximum Gasteiger partial charge on any atom is 0.238 e. The molecule has 0 aliphatic heterocycles. The molecule has 0 aliphatic rings. The van der Waals surface area contributed by atoms with Gasteiger partial charge in [0.2, 0.25) is 5.95 Å². The van der Waals surface area contributed by atoms with E-state index >= 15 is 0 Å². The van der Waals surface area contributed by atoms with E-state index < -0.39 is 0 Å². The number of rotatable bonds is 2. The van der Waals surface area contributed by atoms with E-state index in [1.165, 1.54) is 5.56 Å². The Hall–Kier alpha value is -0.750. The number of aromatic nitrogens is 3. The fourth-order valence-corrected chi connectivity index (χ4v) is 1.59. The molecule has 0 atom stereocenters. The van der Waals surface area contributed by atoms with Crippen molar-refractivity contribution in [3.05, 3.63) is 23.9 Å². The molecule has 0 unspecified atom stereocenters. The molecule has 2 heterocycles. The van der Waals surface area contributed by atoms with Crippen molar-refractivity contribution in [1.29, 1.82) is 0 Å². The lowest BCUT2D eigenvalue weighted by Gasteiger charge is -1.98. The van der Waals surface area contributed by atoms with Crippen molar-refractivity contribution in [3.8, 4) is 0 Å². The average Bonchev–Trinajstić information content (AvgIpc) is 2.59. The third-order valence-electron chi connectivity index (χ3n) is 1.73. The number of fused-ring (bicyclic) bond motifs is 1. The Bertz CT molecular complexity index is 427. The van der Waals surface area contributed by atoms with E-state index in [1.54, 1.807) is 0 Å². The lowest BCUT2D eigenvalue weighted by atomic mass is 10.3. The van der Waals surface area contributed by atoms with Crippen molar-refractivity contribution in [1.82, 2.24) is 14.6 Å². The van der Waals surface area contributed by atoms with E-state index in [-0.39, 0.29) is 0 Å². The van der Waals surface area contributed by atoms with Crippen LogP contribution >= 0.6 is 28.7 Å². The molecular formula is C7H7BrN4S. The Labute approximate surface area is 89.0 Å². The summed E-state index contributed by atoms with van der Waals surface area (Å²) < 4.78 is 4.49.